The van der Waals surface area contributed by atoms with Crippen LogP contribution in [0.2, 0.25) is 0 Å². The van der Waals surface area contributed by atoms with Crippen molar-refractivity contribution in [3.63, 3.8) is 0 Å². The van der Waals surface area contributed by atoms with Gasteiger partial charge in [0.1, 0.15) is 0 Å². The molecular formula is C21H19N3OS. The average Bonchev–Trinajstić information content (AvgIpc) is 3.32. The Kier molecular flexibility index (Phi) is 3.75. The number of hydrogen-bond donors (Lipinski definition) is 1. The van der Waals surface area contributed by atoms with Gasteiger partial charge < -0.3 is 9.88 Å². The van der Waals surface area contributed by atoms with Crippen LogP contribution in [0.1, 0.15) is 34.1 Å². The largest absolute Gasteiger partial charge is 0.360 e. The number of H-pyrrole nitrogens is 1. The highest BCUT2D eigenvalue weighted by Gasteiger charge is 2.28. The molecule has 5 rings (SSSR count). The number of piperidine rings is 1. The fourth-order valence-corrected chi connectivity index (χ4v) is 4.94. The number of likely N-dealkylation sites (tertiary alicyclic amines) is 1. The Morgan fingerprint density at radius 2 is 2.00 bits per heavy atom. The van der Waals surface area contributed by atoms with Gasteiger partial charge in [-0.1, -0.05) is 30.3 Å². The van der Waals surface area contributed by atoms with Crippen LogP contribution >= 0.6 is 11.3 Å². The molecule has 1 fully saturated rings. The van der Waals surface area contributed by atoms with Gasteiger partial charge in [0, 0.05) is 36.1 Å². The van der Waals surface area contributed by atoms with Crippen molar-refractivity contribution in [1.29, 1.82) is 0 Å². The summed E-state index contributed by atoms with van der Waals surface area (Å²) in [5.74, 6) is 0.448. The number of benzene rings is 2. The van der Waals surface area contributed by atoms with E-state index in [-0.39, 0.29) is 5.91 Å². The van der Waals surface area contributed by atoms with Crippen molar-refractivity contribution in [2.45, 2.75) is 18.8 Å². The molecule has 0 spiro atoms. The minimum Gasteiger partial charge on any atom is -0.360 e. The van der Waals surface area contributed by atoms with Gasteiger partial charge in [-0.05, 0) is 31.0 Å². The molecule has 2 aromatic carbocycles. The molecule has 2 aromatic heterocycles. The lowest BCUT2D eigenvalue weighted by molar-refractivity contribution is 0.0709. The number of carbonyl (C=O) groups is 1. The number of amides is 1. The van der Waals surface area contributed by atoms with Gasteiger partial charge in [-0.15, -0.1) is 11.3 Å². The molecule has 1 atom stereocenters. The third kappa shape index (κ3) is 2.59. The highest BCUT2D eigenvalue weighted by Crippen LogP contribution is 2.33. The predicted molar refractivity (Wildman–Crippen MR) is 106 cm³/mol. The van der Waals surface area contributed by atoms with Crippen molar-refractivity contribution in [2.75, 3.05) is 13.1 Å². The number of aromatic nitrogens is 2. The maximum atomic E-state index is 13.1. The number of para-hydroxylation sites is 2. The van der Waals surface area contributed by atoms with Gasteiger partial charge in [-0.25, -0.2) is 4.98 Å². The quantitative estimate of drug-likeness (QED) is 0.558. The molecule has 130 valence electrons. The van der Waals surface area contributed by atoms with Gasteiger partial charge in [0.05, 0.1) is 20.8 Å². The van der Waals surface area contributed by atoms with Crippen molar-refractivity contribution in [3.8, 4) is 0 Å². The lowest BCUT2D eigenvalue weighted by Gasteiger charge is -2.31. The van der Waals surface area contributed by atoms with Crippen LogP contribution in [0.5, 0.6) is 0 Å². The summed E-state index contributed by atoms with van der Waals surface area (Å²) in [6.45, 7) is 1.57. The molecule has 0 bridgehead atoms. The average molecular weight is 361 g/mol. The fraction of sp³-hybridized carbons (Fsp3) is 0.238. The van der Waals surface area contributed by atoms with Crippen LogP contribution in [0.3, 0.4) is 0 Å². The Balaban J connectivity index is 1.42. The number of fused-ring (bicyclic) bond motifs is 2. The van der Waals surface area contributed by atoms with Crippen molar-refractivity contribution in [3.05, 3.63) is 65.3 Å². The standard InChI is InChI=1S/C21H19N3OS/c25-21(16-12-22-17-8-2-1-7-15(16)17)24-11-5-6-14(13-24)20-23-18-9-3-4-10-19(18)26-20/h1-4,7-10,12,14,22H,5-6,11,13H2. The van der Waals surface area contributed by atoms with E-state index < -0.39 is 0 Å². The number of nitrogens with zero attached hydrogens (tertiary/aromatic N) is 2. The van der Waals surface area contributed by atoms with Crippen molar-refractivity contribution < 1.29 is 4.79 Å². The number of rotatable bonds is 2. The summed E-state index contributed by atoms with van der Waals surface area (Å²) in [6.07, 6.45) is 3.96. The lowest BCUT2D eigenvalue weighted by Crippen LogP contribution is -2.39. The van der Waals surface area contributed by atoms with E-state index in [1.54, 1.807) is 11.3 Å². The molecule has 3 heterocycles. The summed E-state index contributed by atoms with van der Waals surface area (Å²) in [5.41, 5.74) is 2.84. The fourth-order valence-electron chi connectivity index (χ4n) is 3.85. The van der Waals surface area contributed by atoms with Gasteiger partial charge in [-0.2, -0.15) is 0 Å². The minimum absolute atomic E-state index is 0.119. The number of carbonyl (C=O) groups excluding carboxylic acids is 1. The molecule has 1 unspecified atom stereocenters. The van der Waals surface area contributed by atoms with Gasteiger partial charge in [0.15, 0.2) is 0 Å². The molecule has 4 aromatic rings. The molecule has 1 saturated heterocycles. The maximum absolute atomic E-state index is 13.1. The number of hydrogen-bond acceptors (Lipinski definition) is 3. The highest BCUT2D eigenvalue weighted by atomic mass is 32.1. The summed E-state index contributed by atoms with van der Waals surface area (Å²) < 4.78 is 1.22. The number of thiazole rings is 1. The van der Waals surface area contributed by atoms with Gasteiger partial charge in [-0.3, -0.25) is 4.79 Å². The molecule has 1 amide bonds. The summed E-state index contributed by atoms with van der Waals surface area (Å²) in [4.78, 5) is 23.1. The Hall–Kier alpha value is -2.66. The van der Waals surface area contributed by atoms with Gasteiger partial charge >= 0.3 is 0 Å². The summed E-state index contributed by atoms with van der Waals surface area (Å²) >= 11 is 1.76. The first-order valence-corrected chi connectivity index (χ1v) is 9.82. The monoisotopic (exact) mass is 361 g/mol. The Morgan fingerprint density at radius 3 is 2.92 bits per heavy atom. The van der Waals surface area contributed by atoms with Crippen LogP contribution in [-0.4, -0.2) is 33.9 Å². The van der Waals surface area contributed by atoms with Crippen molar-refractivity contribution in [2.24, 2.45) is 0 Å². The molecule has 0 radical (unpaired) electrons. The zero-order valence-electron chi connectivity index (χ0n) is 14.3. The summed E-state index contributed by atoms with van der Waals surface area (Å²) in [5, 5.41) is 2.15. The second-order valence-corrected chi connectivity index (χ2v) is 7.92. The zero-order chi connectivity index (χ0) is 17.5. The predicted octanol–water partition coefficient (Wildman–Crippen LogP) is 4.80. The topological polar surface area (TPSA) is 49.0 Å². The van der Waals surface area contributed by atoms with Crippen LogP contribution in [0.25, 0.3) is 21.1 Å². The maximum Gasteiger partial charge on any atom is 0.256 e. The number of nitrogens with one attached hydrogen (secondary N) is 1. The molecule has 1 aliphatic heterocycles. The Labute approximate surface area is 155 Å². The van der Waals surface area contributed by atoms with E-state index in [2.05, 4.69) is 23.2 Å². The molecule has 0 saturated carbocycles. The number of aromatic amines is 1. The van der Waals surface area contributed by atoms with Crippen molar-refractivity contribution in [1.82, 2.24) is 14.9 Å². The van der Waals surface area contributed by atoms with E-state index in [0.29, 0.717) is 5.92 Å². The SMILES string of the molecule is O=C(c1c[nH]c2ccccc12)N1CCCC(c2nc3ccccc3s2)C1. The molecule has 5 heteroatoms. The van der Waals surface area contributed by atoms with E-state index in [9.17, 15) is 4.79 Å². The highest BCUT2D eigenvalue weighted by molar-refractivity contribution is 7.18. The second-order valence-electron chi connectivity index (χ2n) is 6.86. The normalized spacial score (nSPS) is 17.8. The summed E-state index contributed by atoms with van der Waals surface area (Å²) in [6, 6.07) is 16.2. The lowest BCUT2D eigenvalue weighted by atomic mass is 9.98. The molecular weight excluding hydrogens is 342 g/mol. The van der Waals surface area contributed by atoms with E-state index in [1.165, 1.54) is 4.70 Å². The molecule has 0 aliphatic carbocycles. The molecule has 1 aliphatic rings. The van der Waals surface area contributed by atoms with Crippen LogP contribution in [-0.2, 0) is 0 Å². The molecule has 1 N–H and O–H groups in total. The second kappa shape index (κ2) is 6.25. The first-order chi connectivity index (χ1) is 12.8. The molecule has 4 nitrogen and oxygen atoms in total. The van der Waals surface area contributed by atoms with E-state index in [0.717, 1.165) is 52.9 Å². The van der Waals surface area contributed by atoms with Gasteiger partial charge in [0.25, 0.3) is 5.91 Å². The minimum atomic E-state index is 0.119. The Morgan fingerprint density at radius 1 is 1.15 bits per heavy atom. The third-order valence-corrected chi connectivity index (χ3v) is 6.39. The first-order valence-electron chi connectivity index (χ1n) is 9.00. The molecule has 26 heavy (non-hydrogen) atoms. The van der Waals surface area contributed by atoms with Crippen LogP contribution in [0.4, 0.5) is 0 Å². The van der Waals surface area contributed by atoms with Crippen LogP contribution in [0.15, 0.2) is 54.7 Å². The zero-order valence-corrected chi connectivity index (χ0v) is 15.1. The van der Waals surface area contributed by atoms with Crippen LogP contribution < -0.4 is 0 Å². The van der Waals surface area contributed by atoms with Crippen molar-refractivity contribution >= 4 is 38.4 Å². The van der Waals surface area contributed by atoms with E-state index >= 15 is 0 Å². The smallest absolute Gasteiger partial charge is 0.256 e. The first kappa shape index (κ1) is 15.6. The van der Waals surface area contributed by atoms with Gasteiger partial charge in [0.2, 0.25) is 0 Å². The van der Waals surface area contributed by atoms with Crippen LogP contribution in [0, 0.1) is 0 Å². The third-order valence-electron chi connectivity index (χ3n) is 5.19. The van der Waals surface area contributed by atoms with E-state index in [4.69, 9.17) is 4.98 Å². The Bertz CT molecular complexity index is 1060. The van der Waals surface area contributed by atoms with E-state index in [1.807, 2.05) is 41.4 Å². The summed E-state index contributed by atoms with van der Waals surface area (Å²) in [7, 11) is 0.